The van der Waals surface area contributed by atoms with E-state index in [0.717, 1.165) is 94.5 Å². The Morgan fingerprint density at radius 3 is 1.46 bits per heavy atom. The van der Waals surface area contributed by atoms with Gasteiger partial charge in [0.05, 0.1) is 19.6 Å². The van der Waals surface area contributed by atoms with Crippen molar-refractivity contribution in [2.75, 3.05) is 0 Å². The molecule has 1 aliphatic rings. The minimum atomic E-state index is 0.495. The number of aromatic nitrogens is 17. The number of hydrogen-bond donors (Lipinski definition) is 0. The summed E-state index contributed by atoms with van der Waals surface area (Å²) >= 11 is 0. The molecule has 1 aliphatic heterocycles. The summed E-state index contributed by atoms with van der Waals surface area (Å²) in [7, 11) is 0. The van der Waals surface area contributed by atoms with Crippen LogP contribution in [0.5, 0.6) is 0 Å². The summed E-state index contributed by atoms with van der Waals surface area (Å²) in [6.07, 6.45) is 15.6. The molecule has 17 nitrogen and oxygen atoms in total. The number of nitrogens with zero attached hydrogens (tertiary/aromatic N) is 17. The zero-order valence-corrected chi connectivity index (χ0v) is 28.4. The monoisotopic (exact) mass is 677 g/mol. The number of rotatable bonds is 0. The predicted molar refractivity (Wildman–Crippen MR) is 183 cm³/mol. The van der Waals surface area contributed by atoms with Crippen LogP contribution in [0.1, 0.15) is 89.9 Å². The van der Waals surface area contributed by atoms with Crippen molar-refractivity contribution in [2.24, 2.45) is 0 Å². The molecule has 0 saturated carbocycles. The van der Waals surface area contributed by atoms with Gasteiger partial charge in [0.1, 0.15) is 11.4 Å². The summed E-state index contributed by atoms with van der Waals surface area (Å²) in [5.74, 6) is 2.35. The standard InChI is InChI=1S/C33H43N17/c1-3-7-11-21-47-33(38-42-46-47)27-18-15-17-26(25-27)30-35-43-48(39-30)22-12-8-5-2-6-10-14-24-50-41-32(37-45-50)29-20-16-19-28(34-29)31-36-44-49(40-31)23-13-9-4-1/h15-20,25H,1-14,21-24H2. The highest BCUT2D eigenvalue weighted by atomic mass is 15.6. The van der Waals surface area contributed by atoms with Crippen LogP contribution >= 0.6 is 0 Å². The Kier molecular flexibility index (Phi) is 11.2. The molecular formula is C33H43N17. The predicted octanol–water partition coefficient (Wildman–Crippen LogP) is 4.87. The Morgan fingerprint density at radius 1 is 0.420 bits per heavy atom. The van der Waals surface area contributed by atoms with E-state index in [1.54, 1.807) is 14.4 Å². The van der Waals surface area contributed by atoms with E-state index < -0.39 is 0 Å². The first-order valence-electron chi connectivity index (χ1n) is 18.0. The molecule has 0 aliphatic carbocycles. The first-order chi connectivity index (χ1) is 24.8. The highest BCUT2D eigenvalue weighted by molar-refractivity contribution is 5.65. The molecule has 10 bridgehead atoms. The molecule has 0 N–H and O–H groups in total. The first-order valence-corrected chi connectivity index (χ1v) is 18.0. The lowest BCUT2D eigenvalue weighted by atomic mass is 10.1. The van der Waals surface area contributed by atoms with Gasteiger partial charge in [0.2, 0.25) is 17.5 Å². The lowest BCUT2D eigenvalue weighted by molar-refractivity contribution is 0.458. The average Bonchev–Trinajstić information content (AvgIpc) is 3.98. The Hall–Kier alpha value is -5.35. The van der Waals surface area contributed by atoms with Gasteiger partial charge in [-0.1, -0.05) is 88.5 Å². The SMILES string of the molecule is c1cc2cc(c1)-c1nnnn1CCCCCCCCCn1nnc(n1)-c1cccc(n1)-c1nnn(n1)CCCCCCCCCn1nnc-2n1. The molecule has 5 aromatic heterocycles. The van der Waals surface area contributed by atoms with Crippen LogP contribution in [0.15, 0.2) is 42.5 Å². The lowest BCUT2D eigenvalue weighted by Gasteiger charge is -2.06. The smallest absolute Gasteiger partial charge is 0.223 e. The van der Waals surface area contributed by atoms with E-state index in [9.17, 15) is 0 Å². The minimum absolute atomic E-state index is 0.495. The maximum absolute atomic E-state index is 4.70. The second-order valence-corrected chi connectivity index (χ2v) is 12.8. The maximum Gasteiger partial charge on any atom is 0.223 e. The second kappa shape index (κ2) is 16.8. The van der Waals surface area contributed by atoms with E-state index in [0.29, 0.717) is 28.9 Å². The Labute approximate surface area is 289 Å². The summed E-state index contributed by atoms with van der Waals surface area (Å²) < 4.78 is 1.89. The molecule has 17 heteroatoms. The fourth-order valence-corrected chi connectivity index (χ4v) is 6.17. The third-order valence-electron chi connectivity index (χ3n) is 8.92. The van der Waals surface area contributed by atoms with Crippen molar-refractivity contribution < 1.29 is 0 Å². The Bertz CT molecular complexity index is 1920. The van der Waals surface area contributed by atoms with E-state index >= 15 is 0 Å². The molecule has 0 unspecified atom stereocenters. The van der Waals surface area contributed by atoms with Gasteiger partial charge in [-0.25, -0.2) is 9.67 Å². The van der Waals surface area contributed by atoms with Gasteiger partial charge < -0.3 is 0 Å². The van der Waals surface area contributed by atoms with Crippen molar-refractivity contribution >= 4 is 0 Å². The zero-order chi connectivity index (χ0) is 33.8. The molecule has 6 heterocycles. The van der Waals surface area contributed by atoms with Crippen molar-refractivity contribution in [3.8, 4) is 45.8 Å². The van der Waals surface area contributed by atoms with E-state index in [4.69, 9.17) is 4.98 Å². The summed E-state index contributed by atoms with van der Waals surface area (Å²) in [5, 5.41) is 52.0. The fraction of sp³-hybridized carbons (Fsp3) is 0.545. The van der Waals surface area contributed by atoms with Crippen molar-refractivity contribution in [3.05, 3.63) is 42.5 Å². The van der Waals surface area contributed by atoms with Gasteiger partial charge in [0, 0.05) is 17.7 Å². The Balaban J connectivity index is 0.965. The Morgan fingerprint density at radius 2 is 0.880 bits per heavy atom. The van der Waals surface area contributed by atoms with Crippen molar-refractivity contribution in [1.82, 2.24) is 85.8 Å². The quantitative estimate of drug-likeness (QED) is 0.212. The van der Waals surface area contributed by atoms with Crippen LogP contribution in [-0.2, 0) is 26.2 Å². The van der Waals surface area contributed by atoms with Crippen LogP contribution < -0.4 is 0 Å². The average molecular weight is 678 g/mol. The van der Waals surface area contributed by atoms with Crippen LogP contribution in [0.3, 0.4) is 0 Å². The van der Waals surface area contributed by atoms with Gasteiger partial charge in [-0.05, 0) is 69.9 Å². The van der Waals surface area contributed by atoms with Crippen molar-refractivity contribution in [1.29, 1.82) is 0 Å². The molecule has 260 valence electrons. The van der Waals surface area contributed by atoms with Gasteiger partial charge in [-0.3, -0.25) is 0 Å². The van der Waals surface area contributed by atoms with Crippen molar-refractivity contribution in [2.45, 2.75) is 116 Å². The molecule has 50 heavy (non-hydrogen) atoms. The third kappa shape index (κ3) is 8.81. The van der Waals surface area contributed by atoms with E-state index in [1.165, 1.54) is 38.5 Å². The zero-order valence-electron chi connectivity index (χ0n) is 28.4. The van der Waals surface area contributed by atoms with Crippen LogP contribution in [0.25, 0.3) is 45.8 Å². The molecule has 0 fully saturated rings. The molecule has 6 aromatic rings. The van der Waals surface area contributed by atoms with Gasteiger partial charge in [-0.2, -0.15) is 14.4 Å². The molecule has 1 aromatic carbocycles. The summed E-state index contributed by atoms with van der Waals surface area (Å²) in [6.45, 7) is 2.97. The normalized spacial score (nSPS) is 16.2. The van der Waals surface area contributed by atoms with Crippen LogP contribution in [0, 0.1) is 0 Å². The number of benzene rings is 1. The molecule has 0 spiro atoms. The van der Waals surface area contributed by atoms with E-state index in [1.807, 2.05) is 47.1 Å². The number of hydrogen-bond acceptors (Lipinski definition) is 13. The van der Waals surface area contributed by atoms with Crippen molar-refractivity contribution in [3.63, 3.8) is 0 Å². The number of fused-ring (bicyclic) bond motifs is 15. The molecular weight excluding hydrogens is 634 g/mol. The highest BCUT2D eigenvalue weighted by Crippen LogP contribution is 2.23. The molecule has 0 radical (unpaired) electrons. The van der Waals surface area contributed by atoms with Crippen LogP contribution in [0.4, 0.5) is 0 Å². The summed E-state index contributed by atoms with van der Waals surface area (Å²) in [6, 6.07) is 13.7. The second-order valence-electron chi connectivity index (χ2n) is 12.8. The molecule has 0 amide bonds. The largest absolute Gasteiger partial charge is 0.241 e. The number of pyridine rings is 1. The van der Waals surface area contributed by atoms with Crippen LogP contribution in [-0.4, -0.2) is 85.8 Å². The first kappa shape index (κ1) is 33.2. The summed E-state index contributed by atoms with van der Waals surface area (Å²) in [5.41, 5.74) is 3.13. The molecule has 7 rings (SSSR count). The summed E-state index contributed by atoms with van der Waals surface area (Å²) in [4.78, 5) is 9.72. The molecule has 0 saturated heterocycles. The van der Waals surface area contributed by atoms with E-state index in [2.05, 4.69) is 61.8 Å². The topological polar surface area (TPSA) is 187 Å². The molecule has 0 atom stereocenters. The van der Waals surface area contributed by atoms with Gasteiger partial charge in [-0.15, -0.1) is 35.7 Å². The number of tetrazole rings is 4. The number of aryl methyl sites for hydroxylation is 4. The minimum Gasteiger partial charge on any atom is -0.241 e. The maximum atomic E-state index is 4.70. The van der Waals surface area contributed by atoms with E-state index in [-0.39, 0.29) is 0 Å². The fourth-order valence-electron chi connectivity index (χ4n) is 6.17. The van der Waals surface area contributed by atoms with Gasteiger partial charge in [0.25, 0.3) is 0 Å². The third-order valence-corrected chi connectivity index (χ3v) is 8.92. The van der Waals surface area contributed by atoms with Crippen LogP contribution in [0.2, 0.25) is 0 Å². The van der Waals surface area contributed by atoms with Gasteiger partial charge >= 0.3 is 0 Å². The van der Waals surface area contributed by atoms with Gasteiger partial charge in [0.15, 0.2) is 5.82 Å². The lowest BCUT2D eigenvalue weighted by Crippen LogP contribution is -2.04. The highest BCUT2D eigenvalue weighted by Gasteiger charge is 2.14.